The number of fused-ring (bicyclic) bond motifs is 1. The van der Waals surface area contributed by atoms with Gasteiger partial charge in [-0.25, -0.2) is 0 Å². The SMILES string of the molecule is Cc1cc2c(cc1O)[C@@]13CCN(C(=O)CN4CC[C@@H](C)C4)CC[C@@]1(O)C(C2)N(CC1CC1)CC3. The Bertz CT molecular complexity index is 978. The summed E-state index contributed by atoms with van der Waals surface area (Å²) in [6.07, 6.45) is 6.93. The minimum atomic E-state index is -0.869. The molecule has 3 aliphatic heterocycles. The number of hydrogen-bond donors (Lipinski definition) is 2. The summed E-state index contributed by atoms with van der Waals surface area (Å²) >= 11 is 0. The Hall–Kier alpha value is -1.63. The second-order valence-corrected chi connectivity index (χ2v) is 12.2. The number of carbonyl (C=O) groups is 1. The van der Waals surface area contributed by atoms with E-state index in [1.807, 2.05) is 17.9 Å². The smallest absolute Gasteiger partial charge is 0.236 e. The molecule has 1 amide bonds. The Morgan fingerprint density at radius 2 is 1.85 bits per heavy atom. The topological polar surface area (TPSA) is 67.2 Å². The van der Waals surface area contributed by atoms with E-state index in [1.54, 1.807) is 0 Å². The fraction of sp³-hybridized carbons (Fsp3) is 0.750. The number of likely N-dealkylation sites (tertiary alicyclic amines) is 3. The first-order valence-electron chi connectivity index (χ1n) is 13.6. The van der Waals surface area contributed by atoms with Gasteiger partial charge >= 0.3 is 0 Å². The number of piperidine rings is 1. The summed E-state index contributed by atoms with van der Waals surface area (Å²) in [5.41, 5.74) is 2.08. The average Bonchev–Trinajstić information content (AvgIpc) is 3.55. The molecule has 4 atom stereocenters. The third-order valence-electron chi connectivity index (χ3n) is 9.98. The first kappa shape index (κ1) is 22.8. The quantitative estimate of drug-likeness (QED) is 0.713. The third-order valence-corrected chi connectivity index (χ3v) is 9.98. The molecule has 0 radical (unpaired) electrons. The van der Waals surface area contributed by atoms with Gasteiger partial charge in [0.15, 0.2) is 0 Å². The van der Waals surface area contributed by atoms with E-state index in [4.69, 9.17) is 0 Å². The molecule has 2 bridgehead atoms. The Morgan fingerprint density at radius 1 is 1.09 bits per heavy atom. The van der Waals surface area contributed by atoms with Gasteiger partial charge in [-0.1, -0.05) is 13.0 Å². The van der Waals surface area contributed by atoms with Crippen molar-refractivity contribution >= 4 is 5.91 Å². The molecule has 6 rings (SSSR count). The van der Waals surface area contributed by atoms with E-state index in [2.05, 4.69) is 22.8 Å². The Balaban J connectivity index is 1.32. The lowest BCUT2D eigenvalue weighted by Crippen LogP contribution is -2.71. The van der Waals surface area contributed by atoms with Crippen molar-refractivity contribution in [3.8, 4) is 5.75 Å². The number of rotatable bonds is 4. The van der Waals surface area contributed by atoms with Gasteiger partial charge in [0.1, 0.15) is 5.75 Å². The van der Waals surface area contributed by atoms with E-state index in [9.17, 15) is 15.0 Å². The zero-order valence-electron chi connectivity index (χ0n) is 20.9. The van der Waals surface area contributed by atoms with E-state index in [0.717, 1.165) is 62.5 Å². The molecule has 3 heterocycles. The van der Waals surface area contributed by atoms with Crippen molar-refractivity contribution in [1.82, 2.24) is 14.7 Å². The number of phenols is 1. The van der Waals surface area contributed by atoms with Crippen LogP contribution in [0.15, 0.2) is 12.1 Å². The lowest BCUT2D eigenvalue weighted by Gasteiger charge is -2.61. The lowest BCUT2D eigenvalue weighted by atomic mass is 9.52. The highest BCUT2D eigenvalue weighted by atomic mass is 16.3. The largest absolute Gasteiger partial charge is 0.508 e. The summed E-state index contributed by atoms with van der Waals surface area (Å²) in [4.78, 5) is 20.2. The van der Waals surface area contributed by atoms with Crippen LogP contribution in [0.4, 0.5) is 0 Å². The number of aromatic hydroxyl groups is 1. The first-order valence-corrected chi connectivity index (χ1v) is 13.6. The number of phenolic OH excluding ortho intramolecular Hbond substituents is 1. The van der Waals surface area contributed by atoms with Crippen molar-refractivity contribution in [3.63, 3.8) is 0 Å². The van der Waals surface area contributed by atoms with Crippen molar-refractivity contribution in [2.24, 2.45) is 11.8 Å². The van der Waals surface area contributed by atoms with Crippen LogP contribution in [0, 0.1) is 18.8 Å². The normalized spacial score (nSPS) is 36.1. The van der Waals surface area contributed by atoms with Gasteiger partial charge in [0.25, 0.3) is 0 Å². The number of hydrogen-bond acceptors (Lipinski definition) is 5. The highest BCUT2D eigenvalue weighted by Crippen LogP contribution is 2.57. The molecule has 6 heteroatoms. The third kappa shape index (κ3) is 3.59. The van der Waals surface area contributed by atoms with Crippen LogP contribution in [-0.4, -0.2) is 88.3 Å². The average molecular weight is 468 g/mol. The van der Waals surface area contributed by atoms with Crippen LogP contribution in [0.2, 0.25) is 0 Å². The van der Waals surface area contributed by atoms with Crippen molar-refractivity contribution in [2.45, 2.75) is 75.9 Å². The molecule has 0 spiro atoms. The molecule has 186 valence electrons. The number of aliphatic hydroxyl groups is 1. The van der Waals surface area contributed by atoms with Crippen molar-refractivity contribution < 1.29 is 15.0 Å². The Kier molecular flexibility index (Phi) is 5.51. The number of aryl methyl sites for hydroxylation is 1. The second kappa shape index (κ2) is 8.21. The molecule has 6 nitrogen and oxygen atoms in total. The van der Waals surface area contributed by atoms with Crippen LogP contribution in [0.5, 0.6) is 5.75 Å². The van der Waals surface area contributed by atoms with Crippen LogP contribution >= 0.6 is 0 Å². The van der Waals surface area contributed by atoms with E-state index in [0.29, 0.717) is 37.7 Å². The molecule has 1 unspecified atom stereocenters. The van der Waals surface area contributed by atoms with Crippen molar-refractivity contribution in [1.29, 1.82) is 0 Å². The van der Waals surface area contributed by atoms with Crippen LogP contribution in [-0.2, 0) is 16.6 Å². The molecular weight excluding hydrogens is 426 g/mol. The maximum absolute atomic E-state index is 13.3. The number of carbonyl (C=O) groups excluding carboxylic acids is 1. The van der Waals surface area contributed by atoms with E-state index in [1.165, 1.54) is 24.8 Å². The molecule has 1 aromatic carbocycles. The predicted molar refractivity (Wildman–Crippen MR) is 132 cm³/mol. The Labute approximate surface area is 203 Å². The second-order valence-electron chi connectivity index (χ2n) is 12.2. The van der Waals surface area contributed by atoms with E-state index in [-0.39, 0.29) is 11.9 Å². The van der Waals surface area contributed by atoms with Gasteiger partial charge in [-0.15, -0.1) is 0 Å². The minimum Gasteiger partial charge on any atom is -0.508 e. The maximum atomic E-state index is 13.3. The zero-order chi connectivity index (χ0) is 23.7. The lowest BCUT2D eigenvalue weighted by molar-refractivity contribution is -0.149. The van der Waals surface area contributed by atoms with Gasteiger partial charge in [-0.3, -0.25) is 14.6 Å². The minimum absolute atomic E-state index is 0.0905. The molecule has 1 aromatic rings. The highest BCUT2D eigenvalue weighted by molar-refractivity contribution is 5.78. The van der Waals surface area contributed by atoms with Crippen LogP contribution in [0.3, 0.4) is 0 Å². The molecule has 0 aromatic heterocycles. The standard InChI is InChI=1S/C28H41N3O3/c1-19-5-9-29(16-19)18-26(33)30-10-6-27-7-11-31(17-21-3-4-21)25(28(27,34)8-12-30)14-22-13-20(2)24(32)15-23(22)27/h13,15,19,21,25,32,34H,3-12,14,16-18H2,1-2H3/t19-,25?,27+,28-/m1/s1. The molecule has 3 saturated heterocycles. The molecule has 2 aliphatic carbocycles. The van der Waals surface area contributed by atoms with Gasteiger partial charge in [0.2, 0.25) is 5.91 Å². The fourth-order valence-electron chi connectivity index (χ4n) is 7.76. The van der Waals surface area contributed by atoms with Gasteiger partial charge in [0.05, 0.1) is 12.1 Å². The molecule has 1 saturated carbocycles. The molecule has 4 fully saturated rings. The maximum Gasteiger partial charge on any atom is 0.236 e. The summed E-state index contributed by atoms with van der Waals surface area (Å²) in [6, 6.07) is 4.20. The van der Waals surface area contributed by atoms with E-state index < -0.39 is 11.0 Å². The number of benzene rings is 1. The monoisotopic (exact) mass is 467 g/mol. The van der Waals surface area contributed by atoms with Gasteiger partial charge < -0.3 is 15.1 Å². The van der Waals surface area contributed by atoms with E-state index >= 15 is 0 Å². The van der Waals surface area contributed by atoms with Crippen LogP contribution < -0.4 is 0 Å². The van der Waals surface area contributed by atoms with Crippen molar-refractivity contribution in [2.75, 3.05) is 45.8 Å². The zero-order valence-corrected chi connectivity index (χ0v) is 20.9. The number of nitrogens with zero attached hydrogens (tertiary/aromatic N) is 3. The molecule has 5 aliphatic rings. The summed E-state index contributed by atoms with van der Waals surface area (Å²) in [7, 11) is 0. The predicted octanol–water partition coefficient (Wildman–Crippen LogP) is 2.67. The van der Waals surface area contributed by atoms with Crippen LogP contribution in [0.25, 0.3) is 0 Å². The molecule has 34 heavy (non-hydrogen) atoms. The van der Waals surface area contributed by atoms with Gasteiger partial charge in [0, 0.05) is 37.6 Å². The summed E-state index contributed by atoms with van der Waals surface area (Å²) < 4.78 is 0. The van der Waals surface area contributed by atoms with Gasteiger partial charge in [-0.2, -0.15) is 0 Å². The summed E-state index contributed by atoms with van der Waals surface area (Å²) in [6.45, 7) is 10.2. The van der Waals surface area contributed by atoms with Crippen molar-refractivity contribution in [3.05, 3.63) is 28.8 Å². The molecular formula is C28H41N3O3. The Morgan fingerprint density at radius 3 is 2.59 bits per heavy atom. The molecule has 2 N–H and O–H groups in total. The number of amides is 1. The first-order chi connectivity index (χ1) is 16.3. The highest BCUT2D eigenvalue weighted by Gasteiger charge is 2.63. The summed E-state index contributed by atoms with van der Waals surface area (Å²) in [5.74, 6) is 1.99. The van der Waals surface area contributed by atoms with Crippen LogP contribution in [0.1, 0.15) is 62.1 Å². The van der Waals surface area contributed by atoms with Gasteiger partial charge in [-0.05, 0) is 99.6 Å². The summed E-state index contributed by atoms with van der Waals surface area (Å²) in [5, 5.41) is 23.3. The fourth-order valence-corrected chi connectivity index (χ4v) is 7.76.